The molecule has 110 valence electrons. The second-order valence-electron chi connectivity index (χ2n) is 5.11. The number of hydrogen-bond acceptors (Lipinski definition) is 3. The van der Waals surface area contributed by atoms with Crippen LogP contribution in [0.1, 0.15) is 5.56 Å². The summed E-state index contributed by atoms with van der Waals surface area (Å²) in [5.41, 5.74) is 2.39. The summed E-state index contributed by atoms with van der Waals surface area (Å²) in [6.45, 7) is 0.855. The second-order valence-corrected chi connectivity index (χ2v) is 5.11. The average molecular weight is 290 g/mol. The normalized spacial score (nSPS) is 10.2. The van der Waals surface area contributed by atoms with Crippen molar-refractivity contribution in [1.82, 2.24) is 4.98 Å². The Morgan fingerprint density at radius 1 is 0.909 bits per heavy atom. The third kappa shape index (κ3) is 3.64. The molecule has 0 N–H and O–H groups in total. The van der Waals surface area contributed by atoms with E-state index in [1.165, 1.54) is 5.56 Å². The van der Waals surface area contributed by atoms with E-state index in [4.69, 9.17) is 4.74 Å². The van der Waals surface area contributed by atoms with Crippen molar-refractivity contribution in [3.63, 3.8) is 0 Å². The lowest BCUT2D eigenvalue weighted by molar-refractivity contribution is 0.463. The molecule has 3 nitrogen and oxygen atoms in total. The summed E-state index contributed by atoms with van der Waals surface area (Å²) in [7, 11) is 2.08. The molecule has 0 aliphatic carbocycles. The van der Waals surface area contributed by atoms with Crippen molar-refractivity contribution in [3.8, 4) is 11.6 Å². The first kappa shape index (κ1) is 14.1. The molecule has 3 heteroatoms. The van der Waals surface area contributed by atoms with E-state index in [2.05, 4.69) is 47.3 Å². The van der Waals surface area contributed by atoms with Crippen LogP contribution in [0.3, 0.4) is 0 Å². The largest absolute Gasteiger partial charge is 0.439 e. The fraction of sp³-hybridized carbons (Fsp3) is 0.105. The SMILES string of the molecule is CN(Cc1ccccc1)c1cccc(Oc2ccccn2)c1. The minimum absolute atomic E-state index is 0.602. The number of anilines is 1. The van der Waals surface area contributed by atoms with Gasteiger partial charge in [-0.3, -0.25) is 0 Å². The van der Waals surface area contributed by atoms with Gasteiger partial charge in [-0.05, 0) is 23.8 Å². The zero-order valence-corrected chi connectivity index (χ0v) is 12.5. The Hall–Kier alpha value is -2.81. The predicted molar refractivity (Wildman–Crippen MR) is 89.3 cm³/mol. The van der Waals surface area contributed by atoms with Gasteiger partial charge in [-0.15, -0.1) is 0 Å². The maximum absolute atomic E-state index is 5.78. The molecule has 0 saturated heterocycles. The van der Waals surface area contributed by atoms with Gasteiger partial charge >= 0.3 is 0 Å². The molecule has 3 aromatic rings. The monoisotopic (exact) mass is 290 g/mol. The highest BCUT2D eigenvalue weighted by molar-refractivity contribution is 5.51. The van der Waals surface area contributed by atoms with Gasteiger partial charge in [0, 0.05) is 37.6 Å². The van der Waals surface area contributed by atoms with Crippen LogP contribution in [-0.2, 0) is 6.54 Å². The molecular formula is C19H18N2O. The maximum Gasteiger partial charge on any atom is 0.219 e. The molecule has 3 rings (SSSR count). The van der Waals surface area contributed by atoms with Crippen LogP contribution in [0.2, 0.25) is 0 Å². The minimum atomic E-state index is 0.602. The van der Waals surface area contributed by atoms with Crippen molar-refractivity contribution in [1.29, 1.82) is 0 Å². The molecule has 0 amide bonds. The quantitative estimate of drug-likeness (QED) is 0.691. The second kappa shape index (κ2) is 6.76. The molecule has 0 aliphatic rings. The summed E-state index contributed by atoms with van der Waals surface area (Å²) >= 11 is 0. The Labute approximate surface area is 130 Å². The van der Waals surface area contributed by atoms with Crippen LogP contribution in [-0.4, -0.2) is 12.0 Å². The zero-order chi connectivity index (χ0) is 15.2. The van der Waals surface area contributed by atoms with Gasteiger partial charge in [0.1, 0.15) is 5.75 Å². The fourth-order valence-electron chi connectivity index (χ4n) is 2.26. The maximum atomic E-state index is 5.78. The highest BCUT2D eigenvalue weighted by Gasteiger charge is 2.04. The molecule has 0 saturated carbocycles. The summed E-state index contributed by atoms with van der Waals surface area (Å²) in [4.78, 5) is 6.38. The van der Waals surface area contributed by atoms with Crippen LogP contribution in [0.15, 0.2) is 79.0 Å². The lowest BCUT2D eigenvalue weighted by Crippen LogP contribution is -2.16. The van der Waals surface area contributed by atoms with Crippen molar-refractivity contribution >= 4 is 5.69 Å². The van der Waals surface area contributed by atoms with E-state index in [0.717, 1.165) is 18.0 Å². The molecule has 0 bridgehead atoms. The van der Waals surface area contributed by atoms with Crippen molar-refractivity contribution in [2.75, 3.05) is 11.9 Å². The topological polar surface area (TPSA) is 25.4 Å². The van der Waals surface area contributed by atoms with E-state index in [1.807, 2.05) is 42.5 Å². The lowest BCUT2D eigenvalue weighted by atomic mass is 10.2. The number of rotatable bonds is 5. The molecule has 1 heterocycles. The molecule has 0 unspecified atom stereocenters. The summed E-state index contributed by atoms with van der Waals surface area (Å²) in [6.07, 6.45) is 1.72. The van der Waals surface area contributed by atoms with Crippen LogP contribution in [0.25, 0.3) is 0 Å². The molecule has 0 atom stereocenters. The first-order chi connectivity index (χ1) is 10.8. The third-order valence-electron chi connectivity index (χ3n) is 3.38. The average Bonchev–Trinajstić information content (AvgIpc) is 2.57. The molecule has 0 aliphatic heterocycles. The zero-order valence-electron chi connectivity index (χ0n) is 12.5. The summed E-state index contributed by atoms with van der Waals surface area (Å²) in [5.74, 6) is 1.39. The first-order valence-electron chi connectivity index (χ1n) is 7.25. The molecule has 2 aromatic carbocycles. The van der Waals surface area contributed by atoms with Crippen molar-refractivity contribution in [3.05, 3.63) is 84.6 Å². The van der Waals surface area contributed by atoms with Gasteiger partial charge < -0.3 is 9.64 Å². The summed E-state index contributed by atoms with van der Waals surface area (Å²) in [5, 5.41) is 0. The molecule has 22 heavy (non-hydrogen) atoms. The Morgan fingerprint density at radius 3 is 2.50 bits per heavy atom. The van der Waals surface area contributed by atoms with E-state index in [0.29, 0.717) is 5.88 Å². The number of hydrogen-bond donors (Lipinski definition) is 0. The number of pyridine rings is 1. The lowest BCUT2D eigenvalue weighted by Gasteiger charge is -2.20. The van der Waals surface area contributed by atoms with E-state index >= 15 is 0 Å². The van der Waals surface area contributed by atoms with Crippen LogP contribution in [0.4, 0.5) is 5.69 Å². The Balaban J connectivity index is 1.73. The van der Waals surface area contributed by atoms with Gasteiger partial charge in [-0.2, -0.15) is 0 Å². The predicted octanol–water partition coefficient (Wildman–Crippen LogP) is 4.51. The van der Waals surface area contributed by atoms with Gasteiger partial charge in [0.2, 0.25) is 5.88 Å². The van der Waals surface area contributed by atoms with Gasteiger partial charge in [0.05, 0.1) is 0 Å². The Kier molecular flexibility index (Phi) is 4.35. The molecular weight excluding hydrogens is 272 g/mol. The van der Waals surface area contributed by atoms with Crippen molar-refractivity contribution in [2.24, 2.45) is 0 Å². The van der Waals surface area contributed by atoms with Crippen LogP contribution in [0, 0.1) is 0 Å². The highest BCUT2D eigenvalue weighted by Crippen LogP contribution is 2.25. The van der Waals surface area contributed by atoms with Crippen molar-refractivity contribution < 1.29 is 4.74 Å². The first-order valence-corrected chi connectivity index (χ1v) is 7.25. The fourth-order valence-corrected chi connectivity index (χ4v) is 2.26. The molecule has 0 radical (unpaired) electrons. The van der Waals surface area contributed by atoms with E-state index in [1.54, 1.807) is 6.20 Å². The smallest absolute Gasteiger partial charge is 0.219 e. The van der Waals surface area contributed by atoms with Crippen LogP contribution in [0.5, 0.6) is 11.6 Å². The number of nitrogens with zero attached hydrogens (tertiary/aromatic N) is 2. The molecule has 0 fully saturated rings. The van der Waals surface area contributed by atoms with Gasteiger partial charge in [0.25, 0.3) is 0 Å². The minimum Gasteiger partial charge on any atom is -0.439 e. The number of benzene rings is 2. The Bertz CT molecular complexity index is 714. The van der Waals surface area contributed by atoms with Gasteiger partial charge in [-0.1, -0.05) is 42.5 Å². The van der Waals surface area contributed by atoms with Crippen LogP contribution >= 0.6 is 0 Å². The van der Waals surface area contributed by atoms with Crippen LogP contribution < -0.4 is 9.64 Å². The van der Waals surface area contributed by atoms with Gasteiger partial charge in [-0.25, -0.2) is 4.98 Å². The molecule has 0 spiro atoms. The molecule has 1 aromatic heterocycles. The van der Waals surface area contributed by atoms with E-state index in [-0.39, 0.29) is 0 Å². The van der Waals surface area contributed by atoms with Gasteiger partial charge in [0.15, 0.2) is 0 Å². The van der Waals surface area contributed by atoms with E-state index in [9.17, 15) is 0 Å². The third-order valence-corrected chi connectivity index (χ3v) is 3.38. The summed E-state index contributed by atoms with van der Waals surface area (Å²) < 4.78 is 5.78. The standard InChI is InChI=1S/C19H18N2O/c1-21(15-16-8-3-2-4-9-16)17-10-7-11-18(14-17)22-19-12-5-6-13-20-19/h2-14H,15H2,1H3. The number of ether oxygens (including phenoxy) is 1. The van der Waals surface area contributed by atoms with E-state index < -0.39 is 0 Å². The van der Waals surface area contributed by atoms with Crippen molar-refractivity contribution in [2.45, 2.75) is 6.54 Å². The Morgan fingerprint density at radius 2 is 1.73 bits per heavy atom. The number of aromatic nitrogens is 1. The summed E-state index contributed by atoms with van der Waals surface area (Å²) in [6, 6.07) is 24.1. The highest BCUT2D eigenvalue weighted by atomic mass is 16.5.